The fraction of sp³-hybridized carbons (Fsp3) is 0.920. The van der Waals surface area contributed by atoms with Crippen molar-refractivity contribution in [1.29, 1.82) is 0 Å². The molecule has 172 valence electrons. The molecular weight excluding hydrogens is 396 g/mol. The van der Waals surface area contributed by atoms with Crippen LogP contribution in [-0.2, 0) is 23.8 Å². The monoisotopic (exact) mass is 432 g/mol. The SMILES string of the molecule is CC(=O)OC1CCC2(C)C(CCC3C2CCC2(C)C4C(CC32O)OC2OC(=O)CC24)C1. The van der Waals surface area contributed by atoms with Crippen LogP contribution in [0, 0.1) is 40.4 Å². The van der Waals surface area contributed by atoms with Crippen LogP contribution in [0.1, 0.15) is 78.6 Å². The maximum atomic E-state index is 12.4. The summed E-state index contributed by atoms with van der Waals surface area (Å²) in [5, 5.41) is 12.4. The first-order valence-corrected chi connectivity index (χ1v) is 12.4. The van der Waals surface area contributed by atoms with E-state index in [-0.39, 0.29) is 52.7 Å². The zero-order chi connectivity index (χ0) is 21.8. The number of hydrogen-bond donors (Lipinski definition) is 1. The summed E-state index contributed by atoms with van der Waals surface area (Å²) in [7, 11) is 0. The molecular formula is C25H36O6. The van der Waals surface area contributed by atoms with E-state index in [9.17, 15) is 14.7 Å². The lowest BCUT2D eigenvalue weighted by atomic mass is 9.43. The number of carbonyl (C=O) groups excluding carboxylic acids is 2. The Morgan fingerprint density at radius 1 is 1.13 bits per heavy atom. The highest BCUT2D eigenvalue weighted by molar-refractivity contribution is 5.72. The van der Waals surface area contributed by atoms with Crippen molar-refractivity contribution in [2.24, 2.45) is 40.4 Å². The van der Waals surface area contributed by atoms with Crippen molar-refractivity contribution in [1.82, 2.24) is 0 Å². The van der Waals surface area contributed by atoms with Crippen LogP contribution in [0.15, 0.2) is 0 Å². The highest BCUT2D eigenvalue weighted by Gasteiger charge is 2.74. The maximum Gasteiger partial charge on any atom is 0.308 e. The van der Waals surface area contributed by atoms with Crippen LogP contribution in [0.3, 0.4) is 0 Å². The van der Waals surface area contributed by atoms with Crippen LogP contribution in [-0.4, -0.2) is 41.1 Å². The Hall–Kier alpha value is -1.14. The second-order valence-electron chi connectivity index (χ2n) is 12.0. The fourth-order valence-corrected chi connectivity index (χ4v) is 9.61. The number of esters is 2. The Labute approximate surface area is 184 Å². The Morgan fingerprint density at radius 2 is 1.94 bits per heavy atom. The van der Waals surface area contributed by atoms with Gasteiger partial charge < -0.3 is 19.3 Å². The molecule has 2 aliphatic heterocycles. The third-order valence-corrected chi connectivity index (χ3v) is 11.0. The summed E-state index contributed by atoms with van der Waals surface area (Å²) >= 11 is 0. The summed E-state index contributed by atoms with van der Waals surface area (Å²) < 4.78 is 17.2. The Kier molecular flexibility index (Phi) is 4.27. The molecule has 31 heavy (non-hydrogen) atoms. The van der Waals surface area contributed by atoms with Gasteiger partial charge in [0.2, 0.25) is 6.29 Å². The molecule has 6 aliphatic rings. The van der Waals surface area contributed by atoms with Gasteiger partial charge >= 0.3 is 11.9 Å². The molecule has 4 saturated carbocycles. The molecule has 0 spiro atoms. The van der Waals surface area contributed by atoms with Crippen molar-refractivity contribution in [2.75, 3.05) is 0 Å². The van der Waals surface area contributed by atoms with Gasteiger partial charge in [0.05, 0.1) is 18.1 Å². The number of carbonyl (C=O) groups is 2. The third kappa shape index (κ3) is 2.58. The smallest absolute Gasteiger partial charge is 0.308 e. The van der Waals surface area contributed by atoms with Crippen molar-refractivity contribution >= 4 is 11.9 Å². The summed E-state index contributed by atoms with van der Waals surface area (Å²) in [4.78, 5) is 23.4. The van der Waals surface area contributed by atoms with Crippen molar-refractivity contribution in [2.45, 2.75) is 103 Å². The van der Waals surface area contributed by atoms with Crippen molar-refractivity contribution in [3.05, 3.63) is 0 Å². The normalized spacial score (nSPS) is 57.2. The Balaban J connectivity index is 1.27. The van der Waals surface area contributed by atoms with E-state index in [0.29, 0.717) is 24.7 Å². The molecule has 11 unspecified atom stereocenters. The summed E-state index contributed by atoms with van der Waals surface area (Å²) in [6.45, 7) is 6.22. The predicted octanol–water partition coefficient (Wildman–Crippen LogP) is 3.59. The quantitative estimate of drug-likeness (QED) is 0.638. The first-order valence-electron chi connectivity index (χ1n) is 12.4. The lowest BCUT2D eigenvalue weighted by Crippen LogP contribution is -2.62. The van der Waals surface area contributed by atoms with Crippen LogP contribution in [0.5, 0.6) is 0 Å². The Bertz CT molecular complexity index is 812. The summed E-state index contributed by atoms with van der Waals surface area (Å²) in [5.74, 6) is 1.32. The van der Waals surface area contributed by atoms with E-state index in [1.165, 1.54) is 6.92 Å². The summed E-state index contributed by atoms with van der Waals surface area (Å²) in [5.41, 5.74) is -0.753. The molecule has 4 aliphatic carbocycles. The molecule has 6 rings (SSSR count). The second-order valence-corrected chi connectivity index (χ2v) is 12.0. The largest absolute Gasteiger partial charge is 0.463 e. The van der Waals surface area contributed by atoms with Crippen LogP contribution in [0.4, 0.5) is 0 Å². The van der Waals surface area contributed by atoms with Gasteiger partial charge in [-0.05, 0) is 68.1 Å². The van der Waals surface area contributed by atoms with E-state index in [1.807, 2.05) is 0 Å². The average molecular weight is 433 g/mol. The number of ether oxygens (including phenoxy) is 3. The maximum absolute atomic E-state index is 12.4. The zero-order valence-corrected chi connectivity index (χ0v) is 19.0. The lowest BCUT2D eigenvalue weighted by molar-refractivity contribution is -0.219. The molecule has 0 amide bonds. The summed E-state index contributed by atoms with van der Waals surface area (Å²) in [6, 6.07) is 0. The first-order chi connectivity index (χ1) is 14.7. The number of hydrogen-bond acceptors (Lipinski definition) is 6. The van der Waals surface area contributed by atoms with E-state index in [1.54, 1.807) is 0 Å². The molecule has 2 saturated heterocycles. The minimum Gasteiger partial charge on any atom is -0.463 e. The van der Waals surface area contributed by atoms with Gasteiger partial charge in [-0.15, -0.1) is 0 Å². The van der Waals surface area contributed by atoms with E-state index in [0.717, 1.165) is 44.9 Å². The highest BCUT2D eigenvalue weighted by Crippen LogP contribution is 2.72. The van der Waals surface area contributed by atoms with Gasteiger partial charge in [-0.2, -0.15) is 0 Å². The topological polar surface area (TPSA) is 82.1 Å². The first kappa shape index (κ1) is 20.5. The van der Waals surface area contributed by atoms with Gasteiger partial charge in [-0.3, -0.25) is 9.59 Å². The van der Waals surface area contributed by atoms with E-state index in [2.05, 4.69) is 13.8 Å². The summed E-state index contributed by atoms with van der Waals surface area (Å²) in [6.07, 6.45) is 7.99. The highest BCUT2D eigenvalue weighted by atomic mass is 16.7. The third-order valence-electron chi connectivity index (χ3n) is 11.0. The predicted molar refractivity (Wildman–Crippen MR) is 110 cm³/mol. The van der Waals surface area contributed by atoms with Gasteiger partial charge in [0.25, 0.3) is 0 Å². The van der Waals surface area contributed by atoms with Gasteiger partial charge in [-0.25, -0.2) is 0 Å². The van der Waals surface area contributed by atoms with Crippen molar-refractivity contribution in [3.8, 4) is 0 Å². The van der Waals surface area contributed by atoms with Gasteiger partial charge in [-0.1, -0.05) is 13.8 Å². The molecule has 0 bridgehead atoms. The van der Waals surface area contributed by atoms with E-state index in [4.69, 9.17) is 14.2 Å². The number of aliphatic hydroxyl groups is 1. The van der Waals surface area contributed by atoms with Gasteiger partial charge in [0.15, 0.2) is 0 Å². The average Bonchev–Trinajstić information content (AvgIpc) is 3.26. The zero-order valence-electron chi connectivity index (χ0n) is 19.0. The standard InChI is InChI=1S/C25H36O6/c1-13(26)29-15-6-8-23(2)14(10-15)4-5-18-17(23)7-9-24(3)21-16-11-20(27)31-22(16)30-19(21)12-25(18,24)28/h14-19,21-22,28H,4-12H2,1-3H3. The van der Waals surface area contributed by atoms with Crippen molar-refractivity contribution < 1.29 is 28.9 Å². The minimum absolute atomic E-state index is 0.00193. The molecule has 0 aromatic rings. The molecule has 6 nitrogen and oxygen atoms in total. The molecule has 0 radical (unpaired) electrons. The van der Waals surface area contributed by atoms with Gasteiger partial charge in [0, 0.05) is 30.6 Å². The van der Waals surface area contributed by atoms with Crippen LogP contribution in [0.25, 0.3) is 0 Å². The molecule has 0 aromatic carbocycles. The molecule has 6 fully saturated rings. The lowest BCUT2D eigenvalue weighted by Gasteiger charge is -2.63. The minimum atomic E-state index is -0.734. The molecule has 0 aromatic heterocycles. The van der Waals surface area contributed by atoms with Crippen LogP contribution < -0.4 is 0 Å². The fourth-order valence-electron chi connectivity index (χ4n) is 9.61. The second kappa shape index (κ2) is 6.47. The Morgan fingerprint density at radius 3 is 2.71 bits per heavy atom. The molecule has 11 atom stereocenters. The number of fused-ring (bicyclic) bond motifs is 9. The van der Waals surface area contributed by atoms with E-state index < -0.39 is 11.9 Å². The molecule has 1 N–H and O–H groups in total. The van der Waals surface area contributed by atoms with E-state index >= 15 is 0 Å². The van der Waals surface area contributed by atoms with Gasteiger partial charge in [0.1, 0.15) is 6.10 Å². The van der Waals surface area contributed by atoms with Crippen LogP contribution >= 0.6 is 0 Å². The number of rotatable bonds is 1. The van der Waals surface area contributed by atoms with Crippen LogP contribution in [0.2, 0.25) is 0 Å². The van der Waals surface area contributed by atoms with Crippen molar-refractivity contribution in [3.63, 3.8) is 0 Å². The molecule has 2 heterocycles. The molecule has 6 heteroatoms.